The van der Waals surface area contributed by atoms with Gasteiger partial charge in [0.15, 0.2) is 11.5 Å². The molecule has 0 atom stereocenters. The molecule has 3 aromatic rings. The third-order valence-corrected chi connectivity index (χ3v) is 7.09. The third-order valence-electron chi connectivity index (χ3n) is 4.58. The van der Waals surface area contributed by atoms with Crippen LogP contribution in [-0.2, 0) is 14.6 Å². The number of aromatic nitrogens is 2. The minimum absolute atomic E-state index is 0.0340. The van der Waals surface area contributed by atoms with Gasteiger partial charge in [-0.15, -0.1) is 10.2 Å². The summed E-state index contributed by atoms with van der Waals surface area (Å²) in [4.78, 5) is 12.5. The molecule has 0 aliphatic heterocycles. The Kier molecular flexibility index (Phi) is 8.99. The zero-order valence-corrected chi connectivity index (χ0v) is 21.5. The number of benzene rings is 2. The Morgan fingerprint density at radius 1 is 1.08 bits per heavy atom. The molecule has 10 nitrogen and oxygen atoms in total. The molecule has 0 saturated heterocycles. The number of sulfone groups is 1. The summed E-state index contributed by atoms with van der Waals surface area (Å²) >= 11 is 0.696. The molecule has 0 radical (unpaired) electrons. The number of aryl methyl sites for hydroxylation is 1. The summed E-state index contributed by atoms with van der Waals surface area (Å²) in [7, 11) is -3.55. The van der Waals surface area contributed by atoms with E-state index in [1.165, 1.54) is 6.08 Å². The van der Waals surface area contributed by atoms with Crippen molar-refractivity contribution < 1.29 is 27.4 Å². The van der Waals surface area contributed by atoms with E-state index in [0.717, 1.165) is 17.6 Å². The van der Waals surface area contributed by atoms with E-state index in [4.69, 9.17) is 14.2 Å². The highest BCUT2D eigenvalue weighted by Gasteiger charge is 2.18. The predicted octanol–water partition coefficient (Wildman–Crippen LogP) is 3.65. The number of carbonyl (C=O) groups is 1. The van der Waals surface area contributed by atoms with Gasteiger partial charge in [-0.25, -0.2) is 8.42 Å². The van der Waals surface area contributed by atoms with Gasteiger partial charge in [0.05, 0.1) is 6.61 Å². The molecule has 36 heavy (non-hydrogen) atoms. The highest BCUT2D eigenvalue weighted by molar-refractivity contribution is 7.92. The van der Waals surface area contributed by atoms with Gasteiger partial charge in [-0.05, 0) is 49.2 Å². The van der Waals surface area contributed by atoms with E-state index in [-0.39, 0.29) is 21.7 Å². The molecule has 2 aromatic carbocycles. The number of nitrogens with one attached hydrogen (secondary N) is 1. The topological polar surface area (TPSA) is 140 Å². The normalized spacial score (nSPS) is 11.4. The Bertz CT molecular complexity index is 1410. The first-order valence-electron chi connectivity index (χ1n) is 10.8. The number of amides is 1. The number of hydrogen-bond donors (Lipinski definition) is 1. The fraction of sp³-hybridized carbons (Fsp3) is 0.250. The maximum atomic E-state index is 12.5. The Balaban J connectivity index is 1.68. The molecule has 188 valence electrons. The van der Waals surface area contributed by atoms with Crippen LogP contribution in [0.2, 0.25) is 0 Å². The maximum Gasteiger partial charge on any atom is 0.268 e. The largest absolute Gasteiger partial charge is 0.490 e. The van der Waals surface area contributed by atoms with Crippen LogP contribution in [0.3, 0.4) is 0 Å². The lowest BCUT2D eigenvalue weighted by molar-refractivity contribution is -0.112. The molecule has 0 unspecified atom stereocenters. The summed E-state index contributed by atoms with van der Waals surface area (Å²) in [5, 5.41) is 19.0. The van der Waals surface area contributed by atoms with Gasteiger partial charge in [0, 0.05) is 6.26 Å². The number of nitrogens with zero attached hydrogens (tertiary/aromatic N) is 3. The Morgan fingerprint density at radius 3 is 2.44 bits per heavy atom. The summed E-state index contributed by atoms with van der Waals surface area (Å²) in [6.45, 7) is 4.80. The van der Waals surface area contributed by atoms with Crippen molar-refractivity contribution in [1.29, 1.82) is 5.26 Å². The Morgan fingerprint density at radius 2 is 1.81 bits per heavy atom. The zero-order valence-electron chi connectivity index (χ0n) is 19.8. The standard InChI is InChI=1S/C24H24N4O6S2/c1-4-32-21-14-17(9-10-20(21)34-12-11-33-19-8-6-5-7-16(19)2)13-18(15-25)22(29)26-23-27-28-24(35-23)36(3,30)31/h5-10,13-14H,4,11-12H2,1-3H3,(H,26,27,29)/b18-13-. The molecule has 1 amide bonds. The van der Waals surface area contributed by atoms with Crippen molar-refractivity contribution in [2.75, 3.05) is 31.4 Å². The Hall–Kier alpha value is -3.95. The van der Waals surface area contributed by atoms with E-state index < -0.39 is 15.7 Å². The summed E-state index contributed by atoms with van der Waals surface area (Å²) in [5.74, 6) is 0.976. The fourth-order valence-electron chi connectivity index (χ4n) is 2.91. The summed E-state index contributed by atoms with van der Waals surface area (Å²) in [6.07, 6.45) is 2.36. The maximum absolute atomic E-state index is 12.5. The minimum atomic E-state index is -3.55. The smallest absolute Gasteiger partial charge is 0.268 e. The zero-order chi connectivity index (χ0) is 26.1. The lowest BCUT2D eigenvalue weighted by Crippen LogP contribution is -2.13. The number of ether oxygens (including phenoxy) is 3. The first-order chi connectivity index (χ1) is 17.2. The average molecular weight is 529 g/mol. The fourth-order valence-corrected chi connectivity index (χ4v) is 4.42. The number of para-hydroxylation sites is 1. The van der Waals surface area contributed by atoms with Gasteiger partial charge < -0.3 is 14.2 Å². The van der Waals surface area contributed by atoms with Crippen LogP contribution in [0.4, 0.5) is 5.13 Å². The van der Waals surface area contributed by atoms with Crippen LogP contribution in [0.5, 0.6) is 17.2 Å². The van der Waals surface area contributed by atoms with Crippen molar-refractivity contribution in [2.24, 2.45) is 0 Å². The molecule has 0 spiro atoms. The van der Waals surface area contributed by atoms with Gasteiger partial charge in [0.25, 0.3) is 5.91 Å². The van der Waals surface area contributed by atoms with Crippen molar-refractivity contribution in [2.45, 2.75) is 18.2 Å². The lowest BCUT2D eigenvalue weighted by atomic mass is 10.1. The molecule has 0 saturated carbocycles. The van der Waals surface area contributed by atoms with E-state index in [9.17, 15) is 18.5 Å². The van der Waals surface area contributed by atoms with Crippen LogP contribution in [0.25, 0.3) is 6.08 Å². The van der Waals surface area contributed by atoms with E-state index in [1.807, 2.05) is 44.2 Å². The second kappa shape index (κ2) is 12.1. The van der Waals surface area contributed by atoms with E-state index >= 15 is 0 Å². The monoisotopic (exact) mass is 528 g/mol. The van der Waals surface area contributed by atoms with Crippen LogP contribution in [0, 0.1) is 18.3 Å². The molecule has 1 aromatic heterocycles. The Labute approximate surface area is 213 Å². The lowest BCUT2D eigenvalue weighted by Gasteiger charge is -2.14. The van der Waals surface area contributed by atoms with Gasteiger partial charge in [-0.1, -0.05) is 35.6 Å². The quantitative estimate of drug-likeness (QED) is 0.171. The second-order valence-corrected chi connectivity index (χ2v) is 10.5. The first-order valence-corrected chi connectivity index (χ1v) is 13.5. The molecule has 3 rings (SSSR count). The van der Waals surface area contributed by atoms with Crippen LogP contribution in [0.1, 0.15) is 18.1 Å². The van der Waals surface area contributed by atoms with Crippen molar-refractivity contribution in [3.63, 3.8) is 0 Å². The molecule has 0 aliphatic rings. The SMILES string of the molecule is CCOc1cc(/C=C(/C#N)C(=O)Nc2nnc(S(C)(=O)=O)s2)ccc1OCCOc1ccccc1C. The van der Waals surface area contributed by atoms with Gasteiger partial charge in [-0.3, -0.25) is 10.1 Å². The highest BCUT2D eigenvalue weighted by atomic mass is 32.2. The van der Waals surface area contributed by atoms with Gasteiger partial charge in [0.1, 0.15) is 30.6 Å². The van der Waals surface area contributed by atoms with Crippen molar-refractivity contribution in [3.05, 3.63) is 59.2 Å². The van der Waals surface area contributed by atoms with Gasteiger partial charge >= 0.3 is 0 Å². The van der Waals surface area contributed by atoms with Crippen molar-refractivity contribution >= 4 is 38.3 Å². The number of hydrogen-bond acceptors (Lipinski definition) is 10. The molecule has 1 heterocycles. The van der Waals surface area contributed by atoms with Crippen molar-refractivity contribution in [3.8, 4) is 23.3 Å². The molecule has 12 heteroatoms. The minimum Gasteiger partial charge on any atom is -0.490 e. The molecule has 1 N–H and O–H groups in total. The van der Waals surface area contributed by atoms with E-state index in [0.29, 0.717) is 41.6 Å². The number of carbonyl (C=O) groups excluding carboxylic acids is 1. The summed E-state index contributed by atoms with van der Waals surface area (Å²) < 4.78 is 40.1. The van der Waals surface area contributed by atoms with Crippen LogP contribution >= 0.6 is 11.3 Å². The number of anilines is 1. The summed E-state index contributed by atoms with van der Waals surface area (Å²) in [5.41, 5.74) is 1.35. The van der Waals surface area contributed by atoms with Gasteiger partial charge in [-0.2, -0.15) is 5.26 Å². The molecule has 0 fully saturated rings. The average Bonchev–Trinajstić information content (AvgIpc) is 3.31. The first kappa shape index (κ1) is 26.7. The number of nitriles is 1. The summed E-state index contributed by atoms with van der Waals surface area (Å²) in [6, 6.07) is 14.5. The van der Waals surface area contributed by atoms with E-state index in [2.05, 4.69) is 15.5 Å². The van der Waals surface area contributed by atoms with E-state index in [1.54, 1.807) is 18.2 Å². The molecule has 0 aliphatic carbocycles. The van der Waals surface area contributed by atoms with Crippen LogP contribution in [0.15, 0.2) is 52.4 Å². The predicted molar refractivity (Wildman–Crippen MR) is 135 cm³/mol. The third kappa shape index (κ3) is 7.27. The van der Waals surface area contributed by atoms with Gasteiger partial charge in [0.2, 0.25) is 19.3 Å². The van der Waals surface area contributed by atoms with Crippen molar-refractivity contribution in [1.82, 2.24) is 10.2 Å². The molecular weight excluding hydrogens is 504 g/mol. The highest BCUT2D eigenvalue weighted by Crippen LogP contribution is 2.30. The van der Waals surface area contributed by atoms with Crippen LogP contribution in [-0.4, -0.2) is 50.6 Å². The van der Waals surface area contributed by atoms with Crippen LogP contribution < -0.4 is 19.5 Å². The molecular formula is C24H24N4O6S2. The second-order valence-electron chi connectivity index (χ2n) is 7.37. The molecule has 0 bridgehead atoms. The number of rotatable bonds is 11.